The minimum atomic E-state index is -1.01. The number of hydrogen-bond acceptors (Lipinski definition) is 2. The average molecular weight is 311 g/mol. The number of aliphatic carboxylic acids is 1. The summed E-state index contributed by atoms with van der Waals surface area (Å²) in [6.45, 7) is 3.86. The number of carbonyl (C=O) groups is 2. The topological polar surface area (TPSA) is 66.4 Å². The third kappa shape index (κ3) is 4.42. The zero-order chi connectivity index (χ0) is 16.8. The van der Waals surface area contributed by atoms with Gasteiger partial charge >= 0.3 is 5.97 Å². The van der Waals surface area contributed by atoms with Crippen molar-refractivity contribution in [1.29, 1.82) is 0 Å². The van der Waals surface area contributed by atoms with Crippen LogP contribution in [0.25, 0.3) is 11.1 Å². The van der Waals surface area contributed by atoms with Crippen molar-refractivity contribution >= 4 is 11.9 Å². The average Bonchev–Trinajstić information content (AvgIpc) is 2.54. The van der Waals surface area contributed by atoms with Crippen molar-refractivity contribution in [3.63, 3.8) is 0 Å². The smallest absolute Gasteiger partial charge is 0.326 e. The van der Waals surface area contributed by atoms with Crippen LogP contribution in [0.1, 0.15) is 30.6 Å². The van der Waals surface area contributed by atoms with Gasteiger partial charge in [-0.25, -0.2) is 4.79 Å². The Labute approximate surface area is 136 Å². The van der Waals surface area contributed by atoms with Crippen LogP contribution in [-0.2, 0) is 4.79 Å². The Morgan fingerprint density at radius 1 is 1.00 bits per heavy atom. The molecule has 0 aliphatic carbocycles. The quantitative estimate of drug-likeness (QED) is 0.857. The Hall–Kier alpha value is -2.62. The molecule has 1 amide bonds. The normalized spacial score (nSPS) is 12.0. The first-order valence-corrected chi connectivity index (χ1v) is 7.67. The van der Waals surface area contributed by atoms with E-state index in [1.54, 1.807) is 12.1 Å². The van der Waals surface area contributed by atoms with E-state index in [1.807, 2.05) is 56.3 Å². The molecule has 0 spiro atoms. The molecule has 0 unspecified atom stereocenters. The third-order valence-electron chi connectivity index (χ3n) is 3.57. The number of benzene rings is 2. The molecule has 2 aromatic rings. The lowest BCUT2D eigenvalue weighted by Crippen LogP contribution is -2.41. The Morgan fingerprint density at radius 3 is 2.22 bits per heavy atom. The zero-order valence-electron chi connectivity index (χ0n) is 13.3. The molecule has 0 saturated carbocycles. The van der Waals surface area contributed by atoms with Crippen LogP contribution in [0.2, 0.25) is 0 Å². The SMILES string of the molecule is CC(C)C[C@H](NC(=O)c1ccccc1-c1ccccc1)C(=O)O. The lowest BCUT2D eigenvalue weighted by Gasteiger charge is -2.17. The number of hydrogen-bond donors (Lipinski definition) is 2. The molecule has 2 aromatic carbocycles. The highest BCUT2D eigenvalue weighted by Gasteiger charge is 2.23. The highest BCUT2D eigenvalue weighted by Crippen LogP contribution is 2.23. The van der Waals surface area contributed by atoms with E-state index in [0.717, 1.165) is 11.1 Å². The fraction of sp³-hybridized carbons (Fsp3) is 0.263. The fourth-order valence-corrected chi connectivity index (χ4v) is 2.48. The van der Waals surface area contributed by atoms with Crippen molar-refractivity contribution in [2.75, 3.05) is 0 Å². The van der Waals surface area contributed by atoms with Crippen LogP contribution < -0.4 is 5.32 Å². The highest BCUT2D eigenvalue weighted by molar-refractivity contribution is 6.02. The first kappa shape index (κ1) is 16.7. The van der Waals surface area contributed by atoms with Gasteiger partial charge in [0.2, 0.25) is 0 Å². The molecule has 4 nitrogen and oxygen atoms in total. The molecule has 0 fully saturated rings. The van der Waals surface area contributed by atoms with Crippen LogP contribution in [0.15, 0.2) is 54.6 Å². The molecule has 2 N–H and O–H groups in total. The summed E-state index contributed by atoms with van der Waals surface area (Å²) in [4.78, 5) is 23.9. The molecule has 120 valence electrons. The largest absolute Gasteiger partial charge is 0.480 e. The van der Waals surface area contributed by atoms with E-state index in [0.29, 0.717) is 12.0 Å². The number of carboxylic acids is 1. The molecule has 0 heterocycles. The van der Waals surface area contributed by atoms with E-state index in [4.69, 9.17) is 0 Å². The Morgan fingerprint density at radius 2 is 1.61 bits per heavy atom. The van der Waals surface area contributed by atoms with Gasteiger partial charge in [0.1, 0.15) is 6.04 Å². The summed E-state index contributed by atoms with van der Waals surface area (Å²) in [5, 5.41) is 11.9. The van der Waals surface area contributed by atoms with Gasteiger partial charge in [-0.1, -0.05) is 62.4 Å². The van der Waals surface area contributed by atoms with Crippen LogP contribution in [0.3, 0.4) is 0 Å². The van der Waals surface area contributed by atoms with E-state index in [-0.39, 0.29) is 11.8 Å². The van der Waals surface area contributed by atoms with Crippen molar-refractivity contribution in [1.82, 2.24) is 5.32 Å². The maximum Gasteiger partial charge on any atom is 0.326 e. The van der Waals surface area contributed by atoms with E-state index >= 15 is 0 Å². The summed E-state index contributed by atoms with van der Waals surface area (Å²) in [7, 11) is 0. The van der Waals surface area contributed by atoms with E-state index in [2.05, 4.69) is 5.32 Å². The van der Waals surface area contributed by atoms with E-state index in [9.17, 15) is 14.7 Å². The summed E-state index contributed by atoms with van der Waals surface area (Å²) < 4.78 is 0. The first-order valence-electron chi connectivity index (χ1n) is 7.67. The molecule has 23 heavy (non-hydrogen) atoms. The molecule has 0 saturated heterocycles. The molecule has 0 radical (unpaired) electrons. The van der Waals surface area contributed by atoms with Gasteiger partial charge in [-0.15, -0.1) is 0 Å². The predicted octanol–water partition coefficient (Wildman–Crippen LogP) is 3.58. The van der Waals surface area contributed by atoms with Crippen molar-refractivity contribution < 1.29 is 14.7 Å². The summed E-state index contributed by atoms with van der Waals surface area (Å²) in [5.41, 5.74) is 2.20. The first-order chi connectivity index (χ1) is 11.0. The fourth-order valence-electron chi connectivity index (χ4n) is 2.48. The summed E-state index contributed by atoms with van der Waals surface area (Å²) in [6.07, 6.45) is 0.397. The predicted molar refractivity (Wildman–Crippen MR) is 90.2 cm³/mol. The van der Waals surface area contributed by atoms with Crippen molar-refractivity contribution in [2.24, 2.45) is 5.92 Å². The van der Waals surface area contributed by atoms with Gasteiger partial charge in [0.25, 0.3) is 5.91 Å². The lowest BCUT2D eigenvalue weighted by molar-refractivity contribution is -0.139. The second-order valence-corrected chi connectivity index (χ2v) is 5.91. The second kappa shape index (κ2) is 7.58. The van der Waals surface area contributed by atoms with Crippen LogP contribution >= 0.6 is 0 Å². The van der Waals surface area contributed by atoms with E-state index < -0.39 is 12.0 Å². The molecule has 2 rings (SSSR count). The van der Waals surface area contributed by atoms with Crippen LogP contribution in [0, 0.1) is 5.92 Å². The number of nitrogens with one attached hydrogen (secondary N) is 1. The zero-order valence-corrected chi connectivity index (χ0v) is 13.3. The number of amides is 1. The van der Waals surface area contributed by atoms with Gasteiger partial charge in [0, 0.05) is 5.56 Å². The maximum absolute atomic E-state index is 12.6. The monoisotopic (exact) mass is 311 g/mol. The van der Waals surface area contributed by atoms with Gasteiger partial charge < -0.3 is 10.4 Å². The molecule has 4 heteroatoms. The van der Waals surface area contributed by atoms with E-state index in [1.165, 1.54) is 0 Å². The van der Waals surface area contributed by atoms with Gasteiger partial charge in [0.05, 0.1) is 0 Å². The summed E-state index contributed by atoms with van der Waals surface area (Å²) >= 11 is 0. The van der Waals surface area contributed by atoms with Gasteiger partial charge in [-0.05, 0) is 29.5 Å². The molecule has 1 atom stereocenters. The van der Waals surface area contributed by atoms with Crippen molar-refractivity contribution in [3.05, 3.63) is 60.2 Å². The molecule has 0 bridgehead atoms. The summed E-state index contributed by atoms with van der Waals surface area (Å²) in [6, 6.07) is 15.9. The van der Waals surface area contributed by atoms with Gasteiger partial charge in [0.15, 0.2) is 0 Å². The highest BCUT2D eigenvalue weighted by atomic mass is 16.4. The van der Waals surface area contributed by atoms with Crippen molar-refractivity contribution in [3.8, 4) is 11.1 Å². The number of carbonyl (C=O) groups excluding carboxylic acids is 1. The Bertz CT molecular complexity index is 680. The van der Waals surface area contributed by atoms with Crippen molar-refractivity contribution in [2.45, 2.75) is 26.3 Å². The number of carboxylic acid groups (broad SMARTS) is 1. The van der Waals surface area contributed by atoms with Crippen LogP contribution in [0.4, 0.5) is 0 Å². The minimum absolute atomic E-state index is 0.181. The van der Waals surface area contributed by atoms with Crippen LogP contribution in [0.5, 0.6) is 0 Å². The van der Waals surface area contributed by atoms with Gasteiger partial charge in [-0.3, -0.25) is 4.79 Å². The molecule has 0 aliphatic rings. The molecular weight excluding hydrogens is 290 g/mol. The summed E-state index contributed by atoms with van der Waals surface area (Å²) in [5.74, 6) is -1.19. The second-order valence-electron chi connectivity index (χ2n) is 5.91. The third-order valence-corrected chi connectivity index (χ3v) is 3.57. The standard InChI is InChI=1S/C19H21NO3/c1-13(2)12-17(19(22)23)20-18(21)16-11-7-6-10-15(16)14-8-4-3-5-9-14/h3-11,13,17H,12H2,1-2H3,(H,20,21)(H,22,23)/t17-/m0/s1. The number of rotatable bonds is 6. The van der Waals surface area contributed by atoms with Crippen LogP contribution in [-0.4, -0.2) is 23.0 Å². The molecule has 0 aliphatic heterocycles. The van der Waals surface area contributed by atoms with Gasteiger partial charge in [-0.2, -0.15) is 0 Å². The lowest BCUT2D eigenvalue weighted by atomic mass is 9.98. The molecule has 0 aromatic heterocycles. The minimum Gasteiger partial charge on any atom is -0.480 e. The maximum atomic E-state index is 12.6. The Balaban J connectivity index is 2.28. The Kier molecular flexibility index (Phi) is 5.52. The molecular formula is C19H21NO3.